The lowest BCUT2D eigenvalue weighted by Gasteiger charge is -2.04. The van der Waals surface area contributed by atoms with Crippen LogP contribution in [0.1, 0.15) is 22.2 Å². The van der Waals surface area contributed by atoms with Gasteiger partial charge >= 0.3 is 0 Å². The van der Waals surface area contributed by atoms with Crippen LogP contribution in [0.3, 0.4) is 0 Å². The molecule has 0 radical (unpaired) electrons. The number of carbonyl (C=O) groups is 1. The molecule has 5 heteroatoms. The molecular weight excluding hydrogens is 200 g/mol. The van der Waals surface area contributed by atoms with Crippen molar-refractivity contribution in [3.05, 3.63) is 21.9 Å². The molecule has 0 aliphatic heterocycles. The summed E-state index contributed by atoms with van der Waals surface area (Å²) < 4.78 is 0. The van der Waals surface area contributed by atoms with Crippen LogP contribution in [0.2, 0.25) is 0 Å². The van der Waals surface area contributed by atoms with Gasteiger partial charge in [0.2, 0.25) is 5.91 Å². The van der Waals surface area contributed by atoms with Gasteiger partial charge in [0.05, 0.1) is 11.7 Å². The molecule has 0 spiro atoms. The summed E-state index contributed by atoms with van der Waals surface area (Å²) in [6, 6.07) is 1.77. The van der Waals surface area contributed by atoms with Crippen LogP contribution in [-0.2, 0) is 6.54 Å². The monoisotopic (exact) mass is 214 g/mol. The number of hydrogen-bond donors (Lipinski definition) is 3. The van der Waals surface area contributed by atoms with E-state index in [0.717, 1.165) is 4.88 Å². The lowest BCUT2D eigenvalue weighted by Crippen LogP contribution is -2.23. The Labute approximate surface area is 86.7 Å². The number of aliphatic hydroxyl groups excluding tert-OH is 1. The van der Waals surface area contributed by atoms with E-state index in [1.807, 2.05) is 0 Å². The highest BCUT2D eigenvalue weighted by Gasteiger charge is 2.04. The molecule has 0 bridgehead atoms. The van der Waals surface area contributed by atoms with E-state index < -0.39 is 5.91 Å². The first kappa shape index (κ1) is 11.2. The summed E-state index contributed by atoms with van der Waals surface area (Å²) in [6.45, 7) is 2.92. The maximum Gasteiger partial charge on any atom is 0.249 e. The minimum Gasteiger partial charge on any atom is -0.392 e. The van der Waals surface area contributed by atoms with E-state index in [1.54, 1.807) is 18.4 Å². The fraction of sp³-hybridized carbons (Fsp3) is 0.444. The number of aliphatic hydroxyl groups is 1. The Morgan fingerprint density at radius 1 is 1.79 bits per heavy atom. The molecule has 1 atom stereocenters. The van der Waals surface area contributed by atoms with E-state index in [0.29, 0.717) is 18.7 Å². The Balaban J connectivity index is 2.40. The lowest BCUT2D eigenvalue weighted by molar-refractivity contribution is 0.100. The summed E-state index contributed by atoms with van der Waals surface area (Å²) in [7, 11) is 0. The van der Waals surface area contributed by atoms with Gasteiger partial charge in [-0.25, -0.2) is 0 Å². The van der Waals surface area contributed by atoms with Crippen molar-refractivity contribution in [1.82, 2.24) is 5.32 Å². The summed E-state index contributed by atoms with van der Waals surface area (Å²) in [5.41, 5.74) is 5.66. The molecular formula is C9H14N2O2S. The molecule has 0 saturated carbocycles. The predicted octanol–water partition coefficient (Wildman–Crippen LogP) is 0.317. The van der Waals surface area contributed by atoms with E-state index in [4.69, 9.17) is 10.8 Å². The van der Waals surface area contributed by atoms with E-state index >= 15 is 0 Å². The van der Waals surface area contributed by atoms with Gasteiger partial charge in [-0.05, 0) is 13.0 Å². The fourth-order valence-electron chi connectivity index (χ4n) is 1.01. The third-order valence-corrected chi connectivity index (χ3v) is 2.61. The van der Waals surface area contributed by atoms with Crippen molar-refractivity contribution in [3.63, 3.8) is 0 Å². The van der Waals surface area contributed by atoms with Crippen molar-refractivity contribution in [1.29, 1.82) is 0 Å². The minimum absolute atomic E-state index is 0.356. The number of nitrogens with two attached hydrogens (primary N) is 1. The third kappa shape index (κ3) is 3.45. The summed E-state index contributed by atoms with van der Waals surface area (Å²) >= 11 is 1.48. The summed E-state index contributed by atoms with van der Waals surface area (Å²) in [6.07, 6.45) is -0.356. The third-order valence-electron chi connectivity index (χ3n) is 1.68. The zero-order valence-corrected chi connectivity index (χ0v) is 8.80. The molecule has 0 unspecified atom stereocenters. The maximum atomic E-state index is 10.8. The molecule has 1 aromatic heterocycles. The Hall–Kier alpha value is -0.910. The largest absolute Gasteiger partial charge is 0.392 e. The van der Waals surface area contributed by atoms with Crippen LogP contribution in [0.4, 0.5) is 0 Å². The first-order valence-electron chi connectivity index (χ1n) is 4.35. The minimum atomic E-state index is -0.400. The molecule has 0 saturated heterocycles. The molecule has 1 rings (SSSR count). The number of amides is 1. The normalized spacial score (nSPS) is 12.7. The van der Waals surface area contributed by atoms with E-state index in [1.165, 1.54) is 11.3 Å². The number of primary amides is 1. The molecule has 1 amide bonds. The van der Waals surface area contributed by atoms with Gasteiger partial charge in [-0.15, -0.1) is 11.3 Å². The van der Waals surface area contributed by atoms with Crippen LogP contribution in [0.5, 0.6) is 0 Å². The van der Waals surface area contributed by atoms with Crippen LogP contribution < -0.4 is 11.1 Å². The molecule has 0 fully saturated rings. The van der Waals surface area contributed by atoms with Gasteiger partial charge in [0.25, 0.3) is 0 Å². The van der Waals surface area contributed by atoms with Gasteiger partial charge in [0.15, 0.2) is 0 Å². The van der Waals surface area contributed by atoms with Gasteiger partial charge in [-0.2, -0.15) is 0 Å². The molecule has 1 heterocycles. The summed E-state index contributed by atoms with van der Waals surface area (Å²) in [5, 5.41) is 13.8. The highest BCUT2D eigenvalue weighted by molar-refractivity contribution is 7.10. The van der Waals surface area contributed by atoms with Crippen molar-refractivity contribution in [2.45, 2.75) is 19.6 Å². The van der Waals surface area contributed by atoms with Crippen molar-refractivity contribution in [2.24, 2.45) is 5.73 Å². The van der Waals surface area contributed by atoms with Crippen LogP contribution in [0.15, 0.2) is 11.4 Å². The zero-order valence-electron chi connectivity index (χ0n) is 7.99. The fourth-order valence-corrected chi connectivity index (χ4v) is 1.85. The molecule has 4 nitrogen and oxygen atoms in total. The average Bonchev–Trinajstić information content (AvgIpc) is 2.52. The standard InChI is InChI=1S/C9H14N2O2S/c1-6(12)3-11-4-8-2-7(5-14-8)9(10)13/h2,5-6,11-12H,3-4H2,1H3,(H2,10,13)/t6-/m0/s1. The van der Waals surface area contributed by atoms with Crippen molar-refractivity contribution in [2.75, 3.05) is 6.54 Å². The van der Waals surface area contributed by atoms with Crippen LogP contribution in [0, 0.1) is 0 Å². The molecule has 4 N–H and O–H groups in total. The highest BCUT2D eigenvalue weighted by atomic mass is 32.1. The maximum absolute atomic E-state index is 10.8. The van der Waals surface area contributed by atoms with Gasteiger partial charge in [-0.3, -0.25) is 4.79 Å². The number of carbonyl (C=O) groups excluding carboxylic acids is 1. The quantitative estimate of drug-likeness (QED) is 0.660. The van der Waals surface area contributed by atoms with Crippen LogP contribution in [-0.4, -0.2) is 23.7 Å². The summed E-state index contributed by atoms with van der Waals surface area (Å²) in [4.78, 5) is 11.8. The number of hydrogen-bond acceptors (Lipinski definition) is 4. The molecule has 1 aromatic rings. The van der Waals surface area contributed by atoms with Crippen molar-refractivity contribution < 1.29 is 9.90 Å². The average molecular weight is 214 g/mol. The van der Waals surface area contributed by atoms with E-state index in [-0.39, 0.29) is 6.10 Å². The molecule has 0 aromatic carbocycles. The van der Waals surface area contributed by atoms with Crippen molar-refractivity contribution >= 4 is 17.2 Å². The molecule has 78 valence electrons. The second kappa shape index (κ2) is 5.09. The second-order valence-corrected chi connectivity index (χ2v) is 4.14. The Bertz CT molecular complexity index is 310. The van der Waals surface area contributed by atoms with Crippen LogP contribution >= 0.6 is 11.3 Å². The Kier molecular flexibility index (Phi) is 4.06. The second-order valence-electron chi connectivity index (χ2n) is 3.15. The van der Waals surface area contributed by atoms with Crippen molar-refractivity contribution in [3.8, 4) is 0 Å². The lowest BCUT2D eigenvalue weighted by atomic mass is 10.3. The Morgan fingerprint density at radius 3 is 3.00 bits per heavy atom. The Morgan fingerprint density at radius 2 is 2.50 bits per heavy atom. The number of nitrogens with one attached hydrogen (secondary N) is 1. The van der Waals surface area contributed by atoms with Gasteiger partial charge < -0.3 is 16.2 Å². The number of thiophene rings is 1. The van der Waals surface area contributed by atoms with Gasteiger partial charge in [0.1, 0.15) is 0 Å². The topological polar surface area (TPSA) is 75.3 Å². The first-order valence-corrected chi connectivity index (χ1v) is 5.23. The zero-order chi connectivity index (χ0) is 10.6. The molecule has 14 heavy (non-hydrogen) atoms. The van der Waals surface area contributed by atoms with Gasteiger partial charge in [-0.1, -0.05) is 0 Å². The smallest absolute Gasteiger partial charge is 0.249 e. The van der Waals surface area contributed by atoms with E-state index in [9.17, 15) is 4.79 Å². The first-order chi connectivity index (χ1) is 6.59. The van der Waals surface area contributed by atoms with Gasteiger partial charge in [0, 0.05) is 23.3 Å². The molecule has 0 aliphatic carbocycles. The van der Waals surface area contributed by atoms with Crippen LogP contribution in [0.25, 0.3) is 0 Å². The SMILES string of the molecule is C[C@H](O)CNCc1cc(C(N)=O)cs1. The highest BCUT2D eigenvalue weighted by Crippen LogP contribution is 2.13. The molecule has 0 aliphatic rings. The summed E-state index contributed by atoms with van der Waals surface area (Å²) in [5.74, 6) is -0.400. The number of rotatable bonds is 5. The predicted molar refractivity (Wildman–Crippen MR) is 56.2 cm³/mol. The van der Waals surface area contributed by atoms with E-state index in [2.05, 4.69) is 5.32 Å².